The Morgan fingerprint density at radius 2 is 1.80 bits per heavy atom. The third-order valence-electron chi connectivity index (χ3n) is 4.56. The van der Waals surface area contributed by atoms with Gasteiger partial charge < -0.3 is 5.73 Å². The number of hydrogen-bond donors (Lipinski definition) is 1. The SMILES string of the molecule is CCc1cc(CC(C)CCN)nc2ccc(-c3ccncc3)cc12.Cl. The predicted octanol–water partition coefficient (Wildman–Crippen LogP) is 4.81. The Labute approximate surface area is 156 Å². The van der Waals surface area contributed by atoms with Crippen LogP contribution in [0.15, 0.2) is 48.8 Å². The van der Waals surface area contributed by atoms with Gasteiger partial charge in [0.15, 0.2) is 0 Å². The molecule has 0 aliphatic rings. The summed E-state index contributed by atoms with van der Waals surface area (Å²) in [6.07, 6.45) is 6.71. The standard InChI is InChI=1S/C21H25N3.ClH/c1-3-16-13-19(12-15(2)6-9-22)24-21-5-4-18(14-20(16)21)17-7-10-23-11-8-17;/h4-5,7-8,10-11,13-15H,3,6,9,12,22H2,1-2H3;1H. The van der Waals surface area contributed by atoms with Gasteiger partial charge in [0.1, 0.15) is 0 Å². The summed E-state index contributed by atoms with van der Waals surface area (Å²) in [6, 6.07) is 12.9. The number of rotatable bonds is 6. The monoisotopic (exact) mass is 355 g/mol. The highest BCUT2D eigenvalue weighted by Crippen LogP contribution is 2.27. The number of pyridine rings is 2. The minimum atomic E-state index is 0. The molecule has 0 spiro atoms. The second kappa shape index (κ2) is 8.93. The number of nitrogens with zero attached hydrogens (tertiary/aromatic N) is 2. The van der Waals surface area contributed by atoms with Gasteiger partial charge in [-0.2, -0.15) is 0 Å². The maximum absolute atomic E-state index is 5.68. The van der Waals surface area contributed by atoms with Crippen molar-refractivity contribution in [3.8, 4) is 11.1 Å². The molecule has 0 fully saturated rings. The van der Waals surface area contributed by atoms with E-state index in [0.717, 1.165) is 31.3 Å². The molecule has 3 aromatic rings. The van der Waals surface area contributed by atoms with Gasteiger partial charge in [0.25, 0.3) is 0 Å². The van der Waals surface area contributed by atoms with Crippen molar-refractivity contribution in [1.82, 2.24) is 9.97 Å². The van der Waals surface area contributed by atoms with Gasteiger partial charge in [-0.15, -0.1) is 12.4 Å². The summed E-state index contributed by atoms with van der Waals surface area (Å²) < 4.78 is 0. The first kappa shape index (κ1) is 19.4. The van der Waals surface area contributed by atoms with Gasteiger partial charge in [-0.25, -0.2) is 0 Å². The number of nitrogens with two attached hydrogens (primary N) is 1. The maximum Gasteiger partial charge on any atom is 0.0708 e. The number of hydrogen-bond acceptors (Lipinski definition) is 3. The third kappa shape index (κ3) is 4.56. The van der Waals surface area contributed by atoms with Crippen LogP contribution in [0.2, 0.25) is 0 Å². The van der Waals surface area contributed by atoms with Gasteiger partial charge in [-0.05, 0) is 78.7 Å². The summed E-state index contributed by atoms with van der Waals surface area (Å²) in [5, 5.41) is 1.25. The van der Waals surface area contributed by atoms with Crippen LogP contribution in [0.5, 0.6) is 0 Å². The Morgan fingerprint density at radius 1 is 1.04 bits per heavy atom. The van der Waals surface area contributed by atoms with Gasteiger partial charge in [-0.1, -0.05) is 19.9 Å². The van der Waals surface area contributed by atoms with E-state index < -0.39 is 0 Å². The van der Waals surface area contributed by atoms with Crippen molar-refractivity contribution in [2.24, 2.45) is 11.7 Å². The number of benzene rings is 1. The zero-order valence-corrected chi connectivity index (χ0v) is 15.7. The molecular weight excluding hydrogens is 330 g/mol. The molecule has 132 valence electrons. The van der Waals surface area contributed by atoms with E-state index in [1.54, 1.807) is 0 Å². The molecular formula is C21H26ClN3. The molecule has 0 bridgehead atoms. The lowest BCUT2D eigenvalue weighted by Crippen LogP contribution is -2.09. The Balaban J connectivity index is 0.00000225. The highest BCUT2D eigenvalue weighted by Gasteiger charge is 2.09. The Bertz CT molecular complexity index is 818. The molecule has 0 saturated heterocycles. The molecule has 0 aliphatic heterocycles. The van der Waals surface area contributed by atoms with Crippen LogP contribution in [0.3, 0.4) is 0 Å². The normalized spacial score (nSPS) is 12.0. The fourth-order valence-corrected chi connectivity index (χ4v) is 3.22. The number of halogens is 1. The molecule has 3 rings (SSSR count). The van der Waals surface area contributed by atoms with E-state index in [9.17, 15) is 0 Å². The highest BCUT2D eigenvalue weighted by molar-refractivity contribution is 5.87. The summed E-state index contributed by atoms with van der Waals surface area (Å²) in [4.78, 5) is 8.99. The Morgan fingerprint density at radius 3 is 2.48 bits per heavy atom. The highest BCUT2D eigenvalue weighted by atomic mass is 35.5. The maximum atomic E-state index is 5.68. The lowest BCUT2D eigenvalue weighted by Gasteiger charge is -2.13. The van der Waals surface area contributed by atoms with Crippen LogP contribution in [-0.4, -0.2) is 16.5 Å². The average molecular weight is 356 g/mol. The van der Waals surface area contributed by atoms with Crippen LogP contribution in [0.25, 0.3) is 22.0 Å². The van der Waals surface area contributed by atoms with Crippen molar-refractivity contribution in [3.05, 3.63) is 60.0 Å². The lowest BCUT2D eigenvalue weighted by molar-refractivity contribution is 0.532. The molecule has 2 N–H and O–H groups in total. The van der Waals surface area contributed by atoms with E-state index in [1.807, 2.05) is 24.5 Å². The second-order valence-electron chi connectivity index (χ2n) is 6.48. The zero-order valence-electron chi connectivity index (χ0n) is 14.9. The molecule has 0 saturated carbocycles. The van der Waals surface area contributed by atoms with Gasteiger partial charge >= 0.3 is 0 Å². The second-order valence-corrected chi connectivity index (χ2v) is 6.48. The fourth-order valence-electron chi connectivity index (χ4n) is 3.22. The summed E-state index contributed by atoms with van der Waals surface area (Å²) in [5.41, 5.74) is 11.7. The topological polar surface area (TPSA) is 51.8 Å². The lowest BCUT2D eigenvalue weighted by atomic mass is 9.96. The van der Waals surface area contributed by atoms with E-state index in [-0.39, 0.29) is 12.4 Å². The Hall–Kier alpha value is -1.97. The van der Waals surface area contributed by atoms with Crippen molar-refractivity contribution in [1.29, 1.82) is 0 Å². The zero-order chi connectivity index (χ0) is 16.9. The summed E-state index contributed by atoms with van der Waals surface area (Å²) in [7, 11) is 0. The smallest absolute Gasteiger partial charge is 0.0708 e. The molecule has 0 radical (unpaired) electrons. The number of aromatic nitrogens is 2. The summed E-state index contributed by atoms with van der Waals surface area (Å²) >= 11 is 0. The molecule has 0 amide bonds. The molecule has 1 aromatic carbocycles. The van der Waals surface area contributed by atoms with E-state index >= 15 is 0 Å². The minimum Gasteiger partial charge on any atom is -0.330 e. The van der Waals surface area contributed by atoms with Gasteiger partial charge in [0.2, 0.25) is 0 Å². The van der Waals surface area contributed by atoms with Crippen LogP contribution in [0, 0.1) is 5.92 Å². The van der Waals surface area contributed by atoms with Crippen LogP contribution >= 0.6 is 12.4 Å². The first-order valence-electron chi connectivity index (χ1n) is 8.74. The van der Waals surface area contributed by atoms with Crippen LogP contribution in [0.4, 0.5) is 0 Å². The van der Waals surface area contributed by atoms with E-state index in [4.69, 9.17) is 10.7 Å². The van der Waals surface area contributed by atoms with Crippen molar-refractivity contribution in [2.75, 3.05) is 6.54 Å². The Kier molecular flexibility index (Phi) is 6.91. The predicted molar refractivity (Wildman–Crippen MR) is 108 cm³/mol. The largest absolute Gasteiger partial charge is 0.330 e. The van der Waals surface area contributed by atoms with Crippen molar-refractivity contribution >= 4 is 23.3 Å². The average Bonchev–Trinajstić information content (AvgIpc) is 2.61. The molecule has 25 heavy (non-hydrogen) atoms. The minimum absolute atomic E-state index is 0. The number of aryl methyl sites for hydroxylation is 1. The molecule has 4 heteroatoms. The summed E-state index contributed by atoms with van der Waals surface area (Å²) in [6.45, 7) is 5.20. The van der Waals surface area contributed by atoms with Gasteiger partial charge in [0.05, 0.1) is 5.52 Å². The third-order valence-corrected chi connectivity index (χ3v) is 4.56. The quantitative estimate of drug-likeness (QED) is 0.690. The molecule has 3 nitrogen and oxygen atoms in total. The molecule has 2 heterocycles. The van der Waals surface area contributed by atoms with Crippen LogP contribution in [-0.2, 0) is 12.8 Å². The molecule has 2 aromatic heterocycles. The molecule has 1 unspecified atom stereocenters. The fraction of sp³-hybridized carbons (Fsp3) is 0.333. The van der Waals surface area contributed by atoms with Crippen molar-refractivity contribution in [3.63, 3.8) is 0 Å². The van der Waals surface area contributed by atoms with Crippen molar-refractivity contribution in [2.45, 2.75) is 33.1 Å². The number of fused-ring (bicyclic) bond motifs is 1. The van der Waals surface area contributed by atoms with Crippen LogP contribution in [0.1, 0.15) is 31.5 Å². The molecule has 1 atom stereocenters. The first-order valence-corrected chi connectivity index (χ1v) is 8.74. The van der Waals surface area contributed by atoms with Crippen LogP contribution < -0.4 is 5.73 Å². The molecule has 0 aliphatic carbocycles. The summed E-state index contributed by atoms with van der Waals surface area (Å²) in [5.74, 6) is 0.570. The van der Waals surface area contributed by atoms with Gasteiger partial charge in [0, 0.05) is 23.5 Å². The first-order chi connectivity index (χ1) is 11.7. The van der Waals surface area contributed by atoms with E-state index in [1.165, 1.54) is 27.8 Å². The van der Waals surface area contributed by atoms with Crippen molar-refractivity contribution < 1.29 is 0 Å². The van der Waals surface area contributed by atoms with E-state index in [2.05, 4.69) is 43.1 Å². The van der Waals surface area contributed by atoms with E-state index in [0.29, 0.717) is 5.92 Å². The van der Waals surface area contributed by atoms with Gasteiger partial charge in [-0.3, -0.25) is 9.97 Å².